The first-order chi connectivity index (χ1) is 9.47. The molecule has 0 fully saturated rings. The zero-order valence-electron chi connectivity index (χ0n) is 11.2. The number of rotatable bonds is 4. The molecule has 1 aromatic carbocycles. The first-order valence-corrected chi connectivity index (χ1v) is 7.41. The molecular weight excluding hydrogens is 294 g/mol. The summed E-state index contributed by atoms with van der Waals surface area (Å²) in [5, 5.41) is 9.78. The number of carboxylic acid groups (broad SMARTS) is 1. The summed E-state index contributed by atoms with van der Waals surface area (Å²) in [7, 11) is 0. The van der Waals surface area contributed by atoms with Gasteiger partial charge in [0, 0.05) is 11.9 Å². The zero-order valence-corrected chi connectivity index (χ0v) is 12.8. The van der Waals surface area contributed by atoms with E-state index in [-0.39, 0.29) is 10.6 Å². The fourth-order valence-electron chi connectivity index (χ4n) is 1.99. The van der Waals surface area contributed by atoms with Gasteiger partial charge in [0.05, 0.1) is 10.6 Å². The maximum atomic E-state index is 11.0. The first-order valence-electron chi connectivity index (χ1n) is 6.05. The van der Waals surface area contributed by atoms with Crippen molar-refractivity contribution in [1.82, 2.24) is 4.98 Å². The van der Waals surface area contributed by atoms with Crippen LogP contribution >= 0.6 is 23.4 Å². The second-order valence-corrected chi connectivity index (χ2v) is 5.91. The van der Waals surface area contributed by atoms with Crippen LogP contribution in [-0.2, 0) is 5.75 Å². The molecule has 2 rings (SSSR count). The molecule has 0 bridgehead atoms. The Kier molecular flexibility index (Phi) is 4.68. The smallest absolute Gasteiger partial charge is 0.337 e. The molecule has 20 heavy (non-hydrogen) atoms. The molecule has 0 saturated carbocycles. The van der Waals surface area contributed by atoms with E-state index in [4.69, 9.17) is 16.7 Å². The third-order valence-electron chi connectivity index (χ3n) is 2.74. The summed E-state index contributed by atoms with van der Waals surface area (Å²) in [4.78, 5) is 15.2. The van der Waals surface area contributed by atoms with Crippen molar-refractivity contribution in [3.05, 3.63) is 57.7 Å². The molecule has 3 nitrogen and oxygen atoms in total. The number of aromatic carboxylic acids is 1. The Morgan fingerprint density at radius 3 is 2.55 bits per heavy atom. The van der Waals surface area contributed by atoms with Crippen LogP contribution in [0.25, 0.3) is 0 Å². The Morgan fingerprint density at radius 2 is 1.95 bits per heavy atom. The summed E-state index contributed by atoms with van der Waals surface area (Å²) in [5.41, 5.74) is 3.67. The SMILES string of the molecule is Cc1cc(C)cc(CSc2nccc(C(=O)O)c2Cl)c1. The predicted octanol–water partition coefficient (Wildman–Crippen LogP) is 4.34. The first kappa shape index (κ1) is 14.9. The fraction of sp³-hybridized carbons (Fsp3) is 0.200. The number of carboxylic acids is 1. The lowest BCUT2D eigenvalue weighted by Crippen LogP contribution is -1.99. The average Bonchev–Trinajstić information content (AvgIpc) is 2.36. The predicted molar refractivity (Wildman–Crippen MR) is 81.7 cm³/mol. The van der Waals surface area contributed by atoms with Crippen molar-refractivity contribution in [2.75, 3.05) is 0 Å². The van der Waals surface area contributed by atoms with Gasteiger partial charge in [0.1, 0.15) is 5.03 Å². The van der Waals surface area contributed by atoms with Crippen LogP contribution in [0.5, 0.6) is 0 Å². The quantitative estimate of drug-likeness (QED) is 0.854. The summed E-state index contributed by atoms with van der Waals surface area (Å²) in [6.07, 6.45) is 1.47. The largest absolute Gasteiger partial charge is 0.478 e. The highest BCUT2D eigenvalue weighted by Crippen LogP contribution is 2.30. The molecule has 0 radical (unpaired) electrons. The third kappa shape index (κ3) is 3.52. The van der Waals surface area contributed by atoms with Crippen LogP contribution in [-0.4, -0.2) is 16.1 Å². The number of thioether (sulfide) groups is 1. The van der Waals surface area contributed by atoms with Crippen LogP contribution in [0.2, 0.25) is 5.02 Å². The van der Waals surface area contributed by atoms with Crippen LogP contribution in [0.4, 0.5) is 0 Å². The number of aryl methyl sites for hydroxylation is 2. The molecule has 0 aliphatic heterocycles. The maximum Gasteiger partial charge on any atom is 0.337 e. The highest BCUT2D eigenvalue weighted by molar-refractivity contribution is 7.98. The Labute approximate surface area is 127 Å². The zero-order chi connectivity index (χ0) is 14.7. The van der Waals surface area contributed by atoms with Gasteiger partial charge in [0.15, 0.2) is 0 Å². The molecule has 0 spiro atoms. The number of hydrogen-bond acceptors (Lipinski definition) is 3. The molecule has 104 valence electrons. The fourth-order valence-corrected chi connectivity index (χ4v) is 3.19. The van der Waals surface area contributed by atoms with Gasteiger partial charge in [-0.3, -0.25) is 0 Å². The van der Waals surface area contributed by atoms with Crippen LogP contribution in [0.3, 0.4) is 0 Å². The lowest BCUT2D eigenvalue weighted by Gasteiger charge is -2.07. The lowest BCUT2D eigenvalue weighted by atomic mass is 10.1. The molecule has 0 aliphatic rings. The van der Waals surface area contributed by atoms with Gasteiger partial charge < -0.3 is 5.11 Å². The van der Waals surface area contributed by atoms with Crippen molar-refractivity contribution in [2.24, 2.45) is 0 Å². The lowest BCUT2D eigenvalue weighted by molar-refractivity contribution is 0.0696. The number of pyridine rings is 1. The minimum Gasteiger partial charge on any atom is -0.478 e. The van der Waals surface area contributed by atoms with Crippen molar-refractivity contribution in [2.45, 2.75) is 24.6 Å². The molecular formula is C15H14ClNO2S. The van der Waals surface area contributed by atoms with Crippen LogP contribution in [0.1, 0.15) is 27.0 Å². The van der Waals surface area contributed by atoms with Crippen molar-refractivity contribution in [1.29, 1.82) is 0 Å². The molecule has 5 heteroatoms. The van der Waals surface area contributed by atoms with E-state index < -0.39 is 5.97 Å². The molecule has 1 aromatic heterocycles. The van der Waals surface area contributed by atoms with E-state index in [1.54, 1.807) is 0 Å². The maximum absolute atomic E-state index is 11.0. The monoisotopic (exact) mass is 307 g/mol. The molecule has 0 amide bonds. The summed E-state index contributed by atoms with van der Waals surface area (Å²) in [6, 6.07) is 7.74. The molecule has 1 heterocycles. The van der Waals surface area contributed by atoms with Crippen LogP contribution in [0, 0.1) is 13.8 Å². The number of carbonyl (C=O) groups is 1. The minimum atomic E-state index is -1.04. The van der Waals surface area contributed by atoms with Gasteiger partial charge in [-0.1, -0.05) is 40.9 Å². The van der Waals surface area contributed by atoms with Gasteiger partial charge in [-0.2, -0.15) is 0 Å². The van der Waals surface area contributed by atoms with Crippen molar-refractivity contribution in [3.63, 3.8) is 0 Å². The molecule has 0 unspecified atom stereocenters. The van der Waals surface area contributed by atoms with E-state index in [1.807, 2.05) is 0 Å². The molecule has 2 aromatic rings. The van der Waals surface area contributed by atoms with E-state index in [9.17, 15) is 4.79 Å². The van der Waals surface area contributed by atoms with E-state index in [2.05, 4.69) is 37.0 Å². The molecule has 1 N–H and O–H groups in total. The second-order valence-electron chi connectivity index (χ2n) is 4.57. The van der Waals surface area contributed by atoms with Crippen molar-refractivity contribution < 1.29 is 9.90 Å². The summed E-state index contributed by atoms with van der Waals surface area (Å²) >= 11 is 7.51. The average molecular weight is 308 g/mol. The molecule has 0 aliphatic carbocycles. The van der Waals surface area contributed by atoms with Crippen molar-refractivity contribution >= 4 is 29.3 Å². The minimum absolute atomic E-state index is 0.0876. The second kappa shape index (κ2) is 6.29. The Morgan fingerprint density at radius 1 is 1.30 bits per heavy atom. The molecule has 0 saturated heterocycles. The third-order valence-corrected chi connectivity index (χ3v) is 4.30. The van der Waals surface area contributed by atoms with E-state index in [0.717, 1.165) is 0 Å². The summed E-state index contributed by atoms with van der Waals surface area (Å²) in [5.74, 6) is -0.330. The Balaban J connectivity index is 2.19. The van der Waals surface area contributed by atoms with Gasteiger partial charge in [0.2, 0.25) is 0 Å². The topological polar surface area (TPSA) is 50.2 Å². The van der Waals surface area contributed by atoms with Crippen LogP contribution in [0.15, 0.2) is 35.5 Å². The van der Waals surface area contributed by atoms with E-state index >= 15 is 0 Å². The van der Waals surface area contributed by atoms with Gasteiger partial charge >= 0.3 is 5.97 Å². The van der Waals surface area contributed by atoms with Gasteiger partial charge in [0.25, 0.3) is 0 Å². The van der Waals surface area contributed by atoms with Gasteiger partial charge in [-0.05, 0) is 25.5 Å². The number of nitrogens with zero attached hydrogens (tertiary/aromatic N) is 1. The number of benzene rings is 1. The molecule has 0 atom stereocenters. The highest BCUT2D eigenvalue weighted by Gasteiger charge is 2.13. The van der Waals surface area contributed by atoms with Crippen molar-refractivity contribution in [3.8, 4) is 0 Å². The van der Waals surface area contributed by atoms with E-state index in [0.29, 0.717) is 10.8 Å². The summed E-state index contributed by atoms with van der Waals surface area (Å²) in [6.45, 7) is 4.11. The summed E-state index contributed by atoms with van der Waals surface area (Å²) < 4.78 is 0. The van der Waals surface area contributed by atoms with Gasteiger partial charge in [-0.25, -0.2) is 9.78 Å². The number of halogens is 1. The van der Waals surface area contributed by atoms with E-state index in [1.165, 1.54) is 40.7 Å². The standard InChI is InChI=1S/C15H14ClNO2S/c1-9-5-10(2)7-11(6-9)8-20-14-13(16)12(15(18)19)3-4-17-14/h3-7H,8H2,1-2H3,(H,18,19). The normalized spacial score (nSPS) is 10.6. The van der Waals surface area contributed by atoms with Crippen LogP contribution < -0.4 is 0 Å². The van der Waals surface area contributed by atoms with Gasteiger partial charge in [-0.15, -0.1) is 11.8 Å². The number of hydrogen-bond donors (Lipinski definition) is 1. The Hall–Kier alpha value is -1.52. The number of aromatic nitrogens is 1. The highest BCUT2D eigenvalue weighted by atomic mass is 35.5. The Bertz CT molecular complexity index is 638.